The summed E-state index contributed by atoms with van der Waals surface area (Å²) in [5.74, 6) is -0.997. The van der Waals surface area contributed by atoms with Crippen LogP contribution in [-0.4, -0.2) is 23.3 Å². The van der Waals surface area contributed by atoms with Gasteiger partial charge in [0, 0.05) is 24.6 Å². The van der Waals surface area contributed by atoms with Gasteiger partial charge in [-0.1, -0.05) is 0 Å². The molecular weight excluding hydrogens is 206 g/mol. The van der Waals surface area contributed by atoms with Crippen LogP contribution in [0.4, 0.5) is 5.69 Å². The van der Waals surface area contributed by atoms with E-state index >= 15 is 0 Å². The number of aromatic nitrogens is 1. The third-order valence-corrected chi connectivity index (χ3v) is 2.55. The largest absolute Gasteiger partial charge is 0.355 e. The molecule has 0 bridgehead atoms. The van der Waals surface area contributed by atoms with E-state index in [1.165, 1.54) is 0 Å². The maximum Gasteiger partial charge on any atom is 0.236 e. The summed E-state index contributed by atoms with van der Waals surface area (Å²) in [6.07, 6.45) is 4.65. The number of anilines is 1. The Morgan fingerprint density at radius 3 is 2.88 bits per heavy atom. The summed E-state index contributed by atoms with van der Waals surface area (Å²) in [7, 11) is 0. The van der Waals surface area contributed by atoms with E-state index in [9.17, 15) is 9.59 Å². The second kappa shape index (κ2) is 4.74. The standard InChI is InChI=1S/C11H13N3O2/c15-10-9(2-1-5-13-10)11(16)14-8-3-6-12-7-4-8/h3-4,6-7,9H,1-2,5H2,(H,13,15)(H,12,14,16). The average molecular weight is 219 g/mol. The molecule has 16 heavy (non-hydrogen) atoms. The molecule has 0 spiro atoms. The highest BCUT2D eigenvalue weighted by molar-refractivity contribution is 6.06. The summed E-state index contributed by atoms with van der Waals surface area (Å²) >= 11 is 0. The summed E-state index contributed by atoms with van der Waals surface area (Å²) in [4.78, 5) is 27.1. The third kappa shape index (κ3) is 2.36. The molecule has 0 saturated carbocycles. The normalized spacial score (nSPS) is 20.0. The highest BCUT2D eigenvalue weighted by Gasteiger charge is 2.28. The van der Waals surface area contributed by atoms with Gasteiger partial charge < -0.3 is 10.6 Å². The molecule has 1 unspecified atom stereocenters. The van der Waals surface area contributed by atoms with E-state index in [0.717, 1.165) is 6.42 Å². The molecule has 2 N–H and O–H groups in total. The topological polar surface area (TPSA) is 71.1 Å². The van der Waals surface area contributed by atoms with Crippen LogP contribution < -0.4 is 10.6 Å². The first-order chi connectivity index (χ1) is 7.77. The summed E-state index contributed by atoms with van der Waals surface area (Å²) in [6.45, 7) is 0.665. The van der Waals surface area contributed by atoms with Crippen molar-refractivity contribution in [2.75, 3.05) is 11.9 Å². The molecule has 0 radical (unpaired) electrons. The highest BCUT2D eigenvalue weighted by Crippen LogP contribution is 2.14. The highest BCUT2D eigenvalue weighted by atomic mass is 16.2. The molecular formula is C11H13N3O2. The van der Waals surface area contributed by atoms with Crippen LogP contribution in [0.5, 0.6) is 0 Å². The lowest BCUT2D eigenvalue weighted by atomic mass is 9.98. The number of rotatable bonds is 2. The quantitative estimate of drug-likeness (QED) is 0.713. The van der Waals surface area contributed by atoms with Crippen LogP contribution >= 0.6 is 0 Å². The minimum atomic E-state index is -0.568. The first-order valence-corrected chi connectivity index (χ1v) is 5.26. The Morgan fingerprint density at radius 2 is 2.19 bits per heavy atom. The molecule has 1 aromatic rings. The van der Waals surface area contributed by atoms with Gasteiger partial charge >= 0.3 is 0 Å². The SMILES string of the molecule is O=C1NCCCC1C(=O)Nc1ccncc1. The van der Waals surface area contributed by atoms with Crippen molar-refractivity contribution >= 4 is 17.5 Å². The van der Waals surface area contributed by atoms with Gasteiger partial charge in [0.05, 0.1) is 0 Å². The van der Waals surface area contributed by atoms with Gasteiger partial charge in [-0.3, -0.25) is 14.6 Å². The Balaban J connectivity index is 2.00. The lowest BCUT2D eigenvalue weighted by molar-refractivity contribution is -0.134. The number of piperidine rings is 1. The molecule has 1 atom stereocenters. The van der Waals surface area contributed by atoms with E-state index in [0.29, 0.717) is 18.7 Å². The maximum absolute atomic E-state index is 11.8. The third-order valence-electron chi connectivity index (χ3n) is 2.55. The van der Waals surface area contributed by atoms with Crippen molar-refractivity contribution in [3.63, 3.8) is 0 Å². The van der Waals surface area contributed by atoms with Crippen molar-refractivity contribution in [2.45, 2.75) is 12.8 Å². The lowest BCUT2D eigenvalue weighted by Crippen LogP contribution is -2.42. The van der Waals surface area contributed by atoms with Crippen molar-refractivity contribution in [2.24, 2.45) is 5.92 Å². The van der Waals surface area contributed by atoms with Crippen LogP contribution in [-0.2, 0) is 9.59 Å². The van der Waals surface area contributed by atoms with Gasteiger partial charge in [-0.15, -0.1) is 0 Å². The molecule has 5 nitrogen and oxygen atoms in total. The van der Waals surface area contributed by atoms with Gasteiger partial charge in [-0.05, 0) is 25.0 Å². The van der Waals surface area contributed by atoms with Gasteiger partial charge in [-0.25, -0.2) is 0 Å². The maximum atomic E-state index is 11.8. The van der Waals surface area contributed by atoms with Crippen molar-refractivity contribution < 1.29 is 9.59 Å². The van der Waals surface area contributed by atoms with Gasteiger partial charge in [0.1, 0.15) is 5.92 Å². The molecule has 0 aromatic carbocycles. The summed E-state index contributed by atoms with van der Waals surface area (Å²) < 4.78 is 0. The van der Waals surface area contributed by atoms with E-state index in [1.807, 2.05) is 0 Å². The fourth-order valence-corrected chi connectivity index (χ4v) is 1.69. The molecule has 2 amide bonds. The molecule has 2 heterocycles. The predicted octanol–water partition coefficient (Wildman–Crippen LogP) is 0.546. The number of carbonyl (C=O) groups is 2. The van der Waals surface area contributed by atoms with Crippen molar-refractivity contribution in [3.05, 3.63) is 24.5 Å². The number of nitrogens with one attached hydrogen (secondary N) is 2. The summed E-state index contributed by atoms with van der Waals surface area (Å²) in [6, 6.07) is 3.39. The molecule has 1 aliphatic heterocycles. The van der Waals surface area contributed by atoms with E-state index < -0.39 is 5.92 Å². The fraction of sp³-hybridized carbons (Fsp3) is 0.364. The molecule has 84 valence electrons. The zero-order valence-corrected chi connectivity index (χ0v) is 8.77. The Kier molecular flexibility index (Phi) is 3.14. The molecule has 1 aromatic heterocycles. The summed E-state index contributed by atoms with van der Waals surface area (Å²) in [5, 5.41) is 5.39. The van der Waals surface area contributed by atoms with Crippen LogP contribution in [0, 0.1) is 5.92 Å². The molecule has 1 fully saturated rings. The van der Waals surface area contributed by atoms with Crippen molar-refractivity contribution in [3.8, 4) is 0 Å². The second-order valence-corrected chi connectivity index (χ2v) is 3.71. The molecule has 1 aliphatic rings. The van der Waals surface area contributed by atoms with E-state index in [2.05, 4.69) is 15.6 Å². The Morgan fingerprint density at radius 1 is 1.44 bits per heavy atom. The van der Waals surface area contributed by atoms with Crippen LogP contribution in [0.25, 0.3) is 0 Å². The Bertz CT molecular complexity index is 391. The van der Waals surface area contributed by atoms with Crippen LogP contribution in [0.2, 0.25) is 0 Å². The van der Waals surface area contributed by atoms with Gasteiger partial charge in [0.15, 0.2) is 0 Å². The molecule has 1 saturated heterocycles. The van der Waals surface area contributed by atoms with Crippen LogP contribution in [0.3, 0.4) is 0 Å². The van der Waals surface area contributed by atoms with Gasteiger partial charge in [-0.2, -0.15) is 0 Å². The Labute approximate surface area is 93.3 Å². The monoisotopic (exact) mass is 219 g/mol. The number of carbonyl (C=O) groups excluding carboxylic acids is 2. The van der Waals surface area contributed by atoms with E-state index in [4.69, 9.17) is 0 Å². The van der Waals surface area contributed by atoms with Crippen molar-refractivity contribution in [1.29, 1.82) is 0 Å². The molecule has 0 aliphatic carbocycles. The number of nitrogens with zero attached hydrogens (tertiary/aromatic N) is 1. The average Bonchev–Trinajstić information content (AvgIpc) is 2.31. The van der Waals surface area contributed by atoms with Crippen LogP contribution in [0.15, 0.2) is 24.5 Å². The minimum absolute atomic E-state index is 0.183. The fourth-order valence-electron chi connectivity index (χ4n) is 1.69. The second-order valence-electron chi connectivity index (χ2n) is 3.71. The Hall–Kier alpha value is -1.91. The van der Waals surface area contributed by atoms with Gasteiger partial charge in [0.2, 0.25) is 11.8 Å². The van der Waals surface area contributed by atoms with Crippen molar-refractivity contribution in [1.82, 2.24) is 10.3 Å². The number of hydrogen-bond donors (Lipinski definition) is 2. The van der Waals surface area contributed by atoms with E-state index in [-0.39, 0.29) is 11.8 Å². The van der Waals surface area contributed by atoms with Gasteiger partial charge in [0.25, 0.3) is 0 Å². The number of pyridine rings is 1. The number of amides is 2. The molecule has 5 heteroatoms. The lowest BCUT2D eigenvalue weighted by Gasteiger charge is -2.20. The van der Waals surface area contributed by atoms with E-state index in [1.54, 1.807) is 24.5 Å². The first kappa shape index (κ1) is 10.6. The number of hydrogen-bond acceptors (Lipinski definition) is 3. The molecule has 2 rings (SSSR count). The zero-order valence-electron chi connectivity index (χ0n) is 8.77. The smallest absolute Gasteiger partial charge is 0.236 e. The minimum Gasteiger partial charge on any atom is -0.355 e. The zero-order chi connectivity index (χ0) is 11.4. The van der Waals surface area contributed by atoms with Crippen LogP contribution in [0.1, 0.15) is 12.8 Å². The summed E-state index contributed by atoms with van der Waals surface area (Å²) in [5.41, 5.74) is 0.665. The predicted molar refractivity (Wildman–Crippen MR) is 58.6 cm³/mol. The first-order valence-electron chi connectivity index (χ1n) is 5.26.